The monoisotopic (exact) mass is 313 g/mol. The molecular formula is C16H27NO3S. The lowest BCUT2D eigenvalue weighted by Crippen LogP contribution is -2.22. The van der Waals surface area contributed by atoms with E-state index in [9.17, 15) is 8.42 Å². The zero-order valence-corrected chi connectivity index (χ0v) is 14.3. The van der Waals surface area contributed by atoms with Crippen molar-refractivity contribution in [2.24, 2.45) is 0 Å². The van der Waals surface area contributed by atoms with Crippen molar-refractivity contribution < 1.29 is 13.2 Å². The van der Waals surface area contributed by atoms with Gasteiger partial charge in [-0.15, -0.1) is 0 Å². The lowest BCUT2D eigenvalue weighted by Gasteiger charge is -2.14. The first-order valence-corrected chi connectivity index (χ1v) is 9.32. The summed E-state index contributed by atoms with van der Waals surface area (Å²) in [6.45, 7) is 9.01. The van der Waals surface area contributed by atoms with Crippen LogP contribution in [0, 0.1) is 6.92 Å². The number of hydrogen-bond acceptors (Lipinski definition) is 4. The Kier molecular flexibility index (Phi) is 7.18. The van der Waals surface area contributed by atoms with Crippen molar-refractivity contribution >= 4 is 9.84 Å². The van der Waals surface area contributed by atoms with Crippen molar-refractivity contribution in [3.63, 3.8) is 0 Å². The van der Waals surface area contributed by atoms with E-state index in [2.05, 4.69) is 25.2 Å². The summed E-state index contributed by atoms with van der Waals surface area (Å²) in [6, 6.07) is 6.36. The molecule has 1 rings (SSSR count). The Bertz CT molecular complexity index is 538. The summed E-state index contributed by atoms with van der Waals surface area (Å²) in [6.07, 6.45) is 0.649. The second kappa shape index (κ2) is 8.39. The zero-order chi connectivity index (χ0) is 15.9. The highest BCUT2D eigenvalue weighted by atomic mass is 32.2. The Morgan fingerprint density at radius 3 is 2.57 bits per heavy atom. The van der Waals surface area contributed by atoms with E-state index in [-0.39, 0.29) is 18.1 Å². The molecule has 4 nitrogen and oxygen atoms in total. The number of sulfone groups is 1. The fourth-order valence-electron chi connectivity index (χ4n) is 1.99. The van der Waals surface area contributed by atoms with E-state index >= 15 is 0 Å². The second-order valence-corrected chi connectivity index (χ2v) is 7.95. The predicted molar refractivity (Wildman–Crippen MR) is 87.6 cm³/mol. The van der Waals surface area contributed by atoms with Gasteiger partial charge in [-0.05, 0) is 19.4 Å². The third-order valence-corrected chi connectivity index (χ3v) is 4.90. The first-order chi connectivity index (χ1) is 9.84. The maximum absolute atomic E-state index is 11.7. The predicted octanol–water partition coefficient (Wildman–Crippen LogP) is 2.70. The standard InChI is InChI=1S/C16H27NO3S/c1-5-9-21(18,19)10-8-20-16-7-6-14(4)11-15(16)12-17-13(2)3/h6-7,11,13,17H,5,8-10,12H2,1-4H3. The zero-order valence-electron chi connectivity index (χ0n) is 13.5. The first-order valence-electron chi connectivity index (χ1n) is 7.50. The minimum atomic E-state index is -2.99. The SMILES string of the molecule is CCCS(=O)(=O)CCOc1ccc(C)cc1CNC(C)C. The van der Waals surface area contributed by atoms with E-state index in [0.717, 1.165) is 17.9 Å². The van der Waals surface area contributed by atoms with Crippen molar-refractivity contribution in [2.45, 2.75) is 46.7 Å². The van der Waals surface area contributed by atoms with Gasteiger partial charge in [-0.3, -0.25) is 0 Å². The Balaban J connectivity index is 2.65. The Morgan fingerprint density at radius 2 is 1.95 bits per heavy atom. The van der Waals surface area contributed by atoms with Gasteiger partial charge in [0.25, 0.3) is 0 Å². The summed E-state index contributed by atoms with van der Waals surface area (Å²) < 4.78 is 29.1. The van der Waals surface area contributed by atoms with Gasteiger partial charge in [-0.25, -0.2) is 8.42 Å². The molecule has 0 saturated carbocycles. The summed E-state index contributed by atoms with van der Waals surface area (Å²) in [4.78, 5) is 0. The van der Waals surface area contributed by atoms with Crippen LogP contribution in [-0.4, -0.2) is 32.6 Å². The lowest BCUT2D eigenvalue weighted by molar-refractivity contribution is 0.335. The molecule has 0 heterocycles. The Hall–Kier alpha value is -1.07. The molecular weight excluding hydrogens is 286 g/mol. The van der Waals surface area contributed by atoms with Crippen LogP contribution in [-0.2, 0) is 16.4 Å². The van der Waals surface area contributed by atoms with E-state index in [1.165, 1.54) is 5.56 Å². The molecule has 0 amide bonds. The molecule has 0 aliphatic carbocycles. The highest BCUT2D eigenvalue weighted by Crippen LogP contribution is 2.20. The molecule has 0 aliphatic heterocycles. The third-order valence-electron chi connectivity index (χ3n) is 3.08. The number of nitrogens with one attached hydrogen (secondary N) is 1. The van der Waals surface area contributed by atoms with Gasteiger partial charge in [-0.1, -0.05) is 38.5 Å². The van der Waals surface area contributed by atoms with Gasteiger partial charge < -0.3 is 10.1 Å². The smallest absolute Gasteiger partial charge is 0.153 e. The number of hydrogen-bond donors (Lipinski definition) is 1. The number of benzene rings is 1. The highest BCUT2D eigenvalue weighted by Gasteiger charge is 2.11. The lowest BCUT2D eigenvalue weighted by atomic mass is 10.1. The van der Waals surface area contributed by atoms with E-state index < -0.39 is 9.84 Å². The quantitative estimate of drug-likeness (QED) is 0.761. The van der Waals surface area contributed by atoms with Crippen LogP contribution in [0.5, 0.6) is 5.75 Å². The van der Waals surface area contributed by atoms with Gasteiger partial charge in [0, 0.05) is 18.2 Å². The number of aryl methyl sites for hydroxylation is 1. The van der Waals surface area contributed by atoms with Crippen molar-refractivity contribution in [3.8, 4) is 5.75 Å². The average molecular weight is 313 g/mol. The van der Waals surface area contributed by atoms with Gasteiger partial charge in [0.2, 0.25) is 0 Å². The molecule has 1 aromatic rings. The molecule has 0 bridgehead atoms. The summed E-state index contributed by atoms with van der Waals surface area (Å²) in [5.41, 5.74) is 2.23. The van der Waals surface area contributed by atoms with Crippen LogP contribution < -0.4 is 10.1 Å². The van der Waals surface area contributed by atoms with Crippen LogP contribution in [0.25, 0.3) is 0 Å². The molecule has 0 saturated heterocycles. The summed E-state index contributed by atoms with van der Waals surface area (Å²) in [7, 11) is -2.99. The van der Waals surface area contributed by atoms with E-state index in [0.29, 0.717) is 12.5 Å². The molecule has 0 radical (unpaired) electrons. The highest BCUT2D eigenvalue weighted by molar-refractivity contribution is 7.91. The molecule has 1 aromatic carbocycles. The topological polar surface area (TPSA) is 55.4 Å². The Labute approximate surface area is 128 Å². The van der Waals surface area contributed by atoms with Gasteiger partial charge in [0.15, 0.2) is 9.84 Å². The molecule has 0 fully saturated rings. The molecule has 120 valence electrons. The molecule has 0 aromatic heterocycles. The molecule has 0 unspecified atom stereocenters. The second-order valence-electron chi connectivity index (χ2n) is 5.65. The van der Waals surface area contributed by atoms with Crippen LogP contribution >= 0.6 is 0 Å². The Morgan fingerprint density at radius 1 is 1.24 bits per heavy atom. The van der Waals surface area contributed by atoms with Gasteiger partial charge in [0.05, 0.1) is 11.5 Å². The van der Waals surface area contributed by atoms with Crippen molar-refractivity contribution in [1.82, 2.24) is 5.32 Å². The fraction of sp³-hybridized carbons (Fsp3) is 0.625. The minimum Gasteiger partial charge on any atom is -0.492 e. The molecule has 21 heavy (non-hydrogen) atoms. The number of rotatable bonds is 9. The van der Waals surface area contributed by atoms with Crippen molar-refractivity contribution in [1.29, 1.82) is 0 Å². The van der Waals surface area contributed by atoms with Crippen LogP contribution in [0.1, 0.15) is 38.3 Å². The van der Waals surface area contributed by atoms with Crippen molar-refractivity contribution in [2.75, 3.05) is 18.1 Å². The van der Waals surface area contributed by atoms with Crippen LogP contribution in [0.15, 0.2) is 18.2 Å². The summed E-state index contributed by atoms with van der Waals surface area (Å²) in [5.74, 6) is 1.07. The molecule has 5 heteroatoms. The summed E-state index contributed by atoms with van der Waals surface area (Å²) in [5, 5.41) is 3.36. The van der Waals surface area contributed by atoms with Gasteiger partial charge in [-0.2, -0.15) is 0 Å². The molecule has 1 N–H and O–H groups in total. The number of ether oxygens (including phenoxy) is 1. The first kappa shape index (κ1) is 18.0. The maximum Gasteiger partial charge on any atom is 0.153 e. The molecule has 0 atom stereocenters. The maximum atomic E-state index is 11.7. The largest absolute Gasteiger partial charge is 0.492 e. The van der Waals surface area contributed by atoms with Crippen molar-refractivity contribution in [3.05, 3.63) is 29.3 Å². The van der Waals surface area contributed by atoms with E-state index in [1.54, 1.807) is 0 Å². The van der Waals surface area contributed by atoms with Gasteiger partial charge >= 0.3 is 0 Å². The van der Waals surface area contributed by atoms with Crippen LogP contribution in [0.4, 0.5) is 0 Å². The fourth-order valence-corrected chi connectivity index (χ4v) is 3.16. The van der Waals surface area contributed by atoms with E-state index in [4.69, 9.17) is 4.74 Å². The summed E-state index contributed by atoms with van der Waals surface area (Å²) >= 11 is 0. The normalized spacial score (nSPS) is 11.9. The third kappa shape index (κ3) is 6.96. The minimum absolute atomic E-state index is 0.0752. The molecule has 0 aliphatic rings. The van der Waals surface area contributed by atoms with Crippen LogP contribution in [0.2, 0.25) is 0 Å². The van der Waals surface area contributed by atoms with E-state index in [1.807, 2.05) is 26.0 Å². The van der Waals surface area contributed by atoms with Gasteiger partial charge in [0.1, 0.15) is 12.4 Å². The average Bonchev–Trinajstić information content (AvgIpc) is 2.38. The van der Waals surface area contributed by atoms with Crippen LogP contribution in [0.3, 0.4) is 0 Å². The molecule has 0 spiro atoms.